The van der Waals surface area contributed by atoms with E-state index in [1.807, 2.05) is 43.5 Å². The summed E-state index contributed by atoms with van der Waals surface area (Å²) in [5.41, 5.74) is 14.2. The number of allylic oxidation sites excluding steroid dienone is 1. The summed E-state index contributed by atoms with van der Waals surface area (Å²) < 4.78 is 13.2. The van der Waals surface area contributed by atoms with Crippen LogP contribution in [0, 0.1) is 35.2 Å². The first-order valence-electron chi connectivity index (χ1n) is 19.7. The van der Waals surface area contributed by atoms with Crippen LogP contribution in [0.25, 0.3) is 0 Å². The SMILES string of the molecule is CCC[C@H](O)C[C@@H](O)CC(=O)CCc1ccc2c(c1)O[C@H]1[C@@H](C#C[C@H](O)c3ccc4c(c3CC3=CN=C5C[NH+]1C=C35)CCN[C@H]4N)C1(C#CO2)CCCC1. The lowest BCUT2D eigenvalue weighted by atomic mass is 9.73. The molecular formula is C44H51N4O6+. The van der Waals surface area contributed by atoms with Crippen LogP contribution >= 0.6 is 0 Å². The van der Waals surface area contributed by atoms with E-state index in [9.17, 15) is 20.1 Å². The van der Waals surface area contributed by atoms with Crippen molar-refractivity contribution in [2.45, 2.75) is 115 Å². The number of carbonyl (C=O) groups is 1. The molecule has 7 N–H and O–H groups in total. The number of fused-ring (bicyclic) bond motifs is 8. The summed E-state index contributed by atoms with van der Waals surface area (Å²) in [6.07, 6.45) is 11.5. The van der Waals surface area contributed by atoms with Crippen molar-refractivity contribution in [1.29, 1.82) is 0 Å². The van der Waals surface area contributed by atoms with Gasteiger partial charge in [0.25, 0.3) is 6.23 Å². The maximum Gasteiger partial charge on any atom is 0.252 e. The first-order chi connectivity index (χ1) is 26.2. The molecule has 0 saturated heterocycles. The largest absolute Gasteiger partial charge is 0.437 e. The van der Waals surface area contributed by atoms with Gasteiger partial charge in [-0.1, -0.05) is 62.1 Å². The van der Waals surface area contributed by atoms with E-state index in [1.54, 1.807) is 0 Å². The van der Waals surface area contributed by atoms with Gasteiger partial charge in [-0.05, 0) is 84.0 Å². The lowest BCUT2D eigenvalue weighted by molar-refractivity contribution is -0.888. The molecule has 10 heteroatoms. The molecule has 54 heavy (non-hydrogen) atoms. The van der Waals surface area contributed by atoms with Crippen LogP contribution in [-0.4, -0.2) is 58.3 Å². The summed E-state index contributed by atoms with van der Waals surface area (Å²) in [5.74, 6) is 11.0. The average molecular weight is 732 g/mol. The third kappa shape index (κ3) is 7.27. The predicted octanol–water partition coefficient (Wildman–Crippen LogP) is 3.24. The number of rotatable bonds is 9. The second kappa shape index (κ2) is 15.5. The smallest absolute Gasteiger partial charge is 0.252 e. The highest BCUT2D eigenvalue weighted by Gasteiger charge is 2.51. The summed E-state index contributed by atoms with van der Waals surface area (Å²) >= 11 is 0. The van der Waals surface area contributed by atoms with E-state index in [4.69, 9.17) is 20.2 Å². The highest BCUT2D eigenvalue weighted by atomic mass is 16.5. The maximum absolute atomic E-state index is 12.9. The number of carbonyl (C=O) groups excluding carboxylic acids is 1. The Bertz CT molecular complexity index is 2020. The van der Waals surface area contributed by atoms with Crippen molar-refractivity contribution in [1.82, 2.24) is 5.32 Å². The van der Waals surface area contributed by atoms with Crippen LogP contribution in [0.5, 0.6) is 11.5 Å². The van der Waals surface area contributed by atoms with Gasteiger partial charge in [0.2, 0.25) is 0 Å². The van der Waals surface area contributed by atoms with Crippen molar-refractivity contribution in [3.05, 3.63) is 81.7 Å². The van der Waals surface area contributed by atoms with E-state index in [-0.39, 0.29) is 37.1 Å². The Hall–Kier alpha value is -4.26. The molecule has 0 amide bonds. The minimum atomic E-state index is -1.02. The van der Waals surface area contributed by atoms with Crippen molar-refractivity contribution in [2.75, 3.05) is 13.1 Å². The highest BCUT2D eigenvalue weighted by molar-refractivity contribution is 6.08. The van der Waals surface area contributed by atoms with Gasteiger partial charge in [-0.2, -0.15) is 0 Å². The number of quaternary nitrogens is 1. The molecule has 0 aromatic heterocycles. The fourth-order valence-electron chi connectivity index (χ4n) is 9.31. The van der Waals surface area contributed by atoms with Crippen LogP contribution in [0.4, 0.5) is 0 Å². The zero-order valence-corrected chi connectivity index (χ0v) is 31.0. The fraction of sp³-hybridized carbons (Fsp3) is 0.500. The molecule has 1 fully saturated rings. The molecule has 8 rings (SSSR count). The van der Waals surface area contributed by atoms with Gasteiger partial charge in [0, 0.05) is 32.0 Å². The van der Waals surface area contributed by atoms with Crippen LogP contribution in [0.1, 0.15) is 105 Å². The zero-order valence-electron chi connectivity index (χ0n) is 31.0. The molecular weight excluding hydrogens is 681 g/mol. The van der Waals surface area contributed by atoms with Crippen molar-refractivity contribution in [3.63, 3.8) is 0 Å². The fourth-order valence-corrected chi connectivity index (χ4v) is 9.31. The standard InChI is InChI=1S/C44H50N4O6/c1-2-5-29(49)22-31(51)23-30(50)8-6-27-7-13-40-41(20-27)54-43-37(44(17-19-53-40)15-3-4-16-44)11-12-39(52)33-9-10-34-32(14-18-46-42(34)45)35(33)21-28-24-47-38-26-48(43)25-36(28)38/h7,9-10,13,20,24-25,29,31,37,39,42-43,46,49,51-52H,2-6,8,14-16,18,21-23,26,45H2,1H3/p+1/t29-,31+,37+,39-,42+,43-/m0/s1. The summed E-state index contributed by atoms with van der Waals surface area (Å²) in [7, 11) is 0. The number of benzene rings is 2. The van der Waals surface area contributed by atoms with Gasteiger partial charge in [0.1, 0.15) is 42.4 Å². The number of aliphatic hydroxyl groups is 3. The van der Waals surface area contributed by atoms with E-state index in [2.05, 4.69) is 35.4 Å². The number of aliphatic imine (C=N–C) groups is 1. The molecule has 2 aromatic rings. The Labute approximate surface area is 317 Å². The van der Waals surface area contributed by atoms with E-state index >= 15 is 0 Å². The number of nitrogens with two attached hydrogens (primary N) is 1. The summed E-state index contributed by atoms with van der Waals surface area (Å²) in [5, 5.41) is 35.7. The van der Waals surface area contributed by atoms with Crippen LogP contribution in [0.3, 0.4) is 0 Å². The number of ketones is 1. The van der Waals surface area contributed by atoms with E-state index in [0.717, 1.165) is 89.1 Å². The van der Waals surface area contributed by atoms with E-state index < -0.39 is 30.0 Å². The Morgan fingerprint density at radius 2 is 1.94 bits per heavy atom. The van der Waals surface area contributed by atoms with Crippen LogP contribution in [0.2, 0.25) is 0 Å². The van der Waals surface area contributed by atoms with Crippen molar-refractivity contribution < 1.29 is 34.5 Å². The van der Waals surface area contributed by atoms with Crippen molar-refractivity contribution in [2.24, 2.45) is 22.1 Å². The maximum atomic E-state index is 12.9. The first kappa shape index (κ1) is 36.7. The number of Topliss-reactive ketones (excluding diaryl/α,β-unsaturated/α-hetero) is 1. The normalized spacial score (nSPS) is 26.9. The molecule has 0 radical (unpaired) electrons. The van der Waals surface area contributed by atoms with Crippen LogP contribution in [-0.2, 0) is 24.1 Å². The number of nitrogens with one attached hydrogen (secondary N) is 2. The van der Waals surface area contributed by atoms with Gasteiger partial charge in [-0.25, -0.2) is 0 Å². The lowest BCUT2D eigenvalue weighted by Gasteiger charge is -2.36. The Kier molecular flexibility index (Phi) is 10.5. The molecule has 1 unspecified atom stereocenters. The van der Waals surface area contributed by atoms with Gasteiger partial charge < -0.3 is 30.5 Å². The third-order valence-electron chi connectivity index (χ3n) is 12.2. The molecule has 282 valence electrons. The van der Waals surface area contributed by atoms with Gasteiger partial charge in [0.15, 0.2) is 11.5 Å². The van der Waals surface area contributed by atoms with Crippen molar-refractivity contribution >= 4 is 11.5 Å². The van der Waals surface area contributed by atoms with Crippen molar-refractivity contribution in [3.8, 4) is 35.4 Å². The number of aliphatic hydroxyl groups excluding tert-OH is 3. The summed E-state index contributed by atoms with van der Waals surface area (Å²) in [6, 6.07) is 9.72. The topological polar surface area (TPSA) is 151 Å². The average Bonchev–Trinajstić information content (AvgIpc) is 3.89. The Morgan fingerprint density at radius 1 is 1.11 bits per heavy atom. The number of hydrogen-bond acceptors (Lipinski definition) is 9. The monoisotopic (exact) mass is 731 g/mol. The van der Waals surface area contributed by atoms with Gasteiger partial charge in [-0.3, -0.25) is 20.0 Å². The number of hydrogen-bond donors (Lipinski definition) is 6. The summed E-state index contributed by atoms with van der Waals surface area (Å²) in [6.45, 7) is 3.37. The molecule has 6 aliphatic rings. The minimum Gasteiger partial charge on any atom is -0.437 e. The molecule has 5 aliphatic heterocycles. The highest BCUT2D eigenvalue weighted by Crippen LogP contribution is 2.47. The molecule has 10 nitrogen and oxygen atoms in total. The molecule has 1 saturated carbocycles. The molecule has 2 aromatic carbocycles. The van der Waals surface area contributed by atoms with Gasteiger partial charge in [0.05, 0.1) is 29.4 Å². The van der Waals surface area contributed by atoms with Crippen LogP contribution < -0.4 is 25.4 Å². The Balaban J connectivity index is 1.14. The number of ether oxygens (including phenoxy) is 2. The first-order valence-corrected chi connectivity index (χ1v) is 19.7. The minimum absolute atomic E-state index is 0.0161. The second-order valence-electron chi connectivity index (χ2n) is 15.9. The molecule has 5 heterocycles. The third-order valence-corrected chi connectivity index (χ3v) is 12.2. The number of aryl methyl sites for hydroxylation is 1. The number of nitrogens with zero attached hydrogens (tertiary/aromatic N) is 1. The van der Waals surface area contributed by atoms with Crippen LogP contribution in [0.15, 0.2) is 58.9 Å². The Morgan fingerprint density at radius 3 is 2.78 bits per heavy atom. The van der Waals surface area contributed by atoms with Gasteiger partial charge in [-0.15, -0.1) is 0 Å². The molecule has 2 bridgehead atoms. The molecule has 1 aliphatic carbocycles. The molecule has 1 spiro atoms. The molecule has 7 atom stereocenters. The lowest BCUT2D eigenvalue weighted by Crippen LogP contribution is -3.13. The quantitative estimate of drug-likeness (QED) is 0.215. The van der Waals surface area contributed by atoms with E-state index in [0.29, 0.717) is 37.3 Å². The zero-order chi connectivity index (χ0) is 37.4. The summed E-state index contributed by atoms with van der Waals surface area (Å²) in [4.78, 5) is 18.9. The van der Waals surface area contributed by atoms with E-state index in [1.165, 1.54) is 5.56 Å². The predicted molar refractivity (Wildman–Crippen MR) is 204 cm³/mol. The van der Waals surface area contributed by atoms with Gasteiger partial charge >= 0.3 is 0 Å². The second-order valence-corrected chi connectivity index (χ2v) is 15.9.